The van der Waals surface area contributed by atoms with E-state index in [1.807, 2.05) is 50.2 Å². The molecule has 7 nitrogen and oxygen atoms in total. The van der Waals surface area contributed by atoms with Crippen molar-refractivity contribution in [1.29, 1.82) is 0 Å². The van der Waals surface area contributed by atoms with Crippen LogP contribution in [0.5, 0.6) is 11.5 Å². The molecule has 0 saturated heterocycles. The summed E-state index contributed by atoms with van der Waals surface area (Å²) in [5, 5.41) is 12.0. The topological polar surface area (TPSA) is 94.1 Å². The van der Waals surface area contributed by atoms with Crippen LogP contribution in [0.25, 0.3) is 0 Å². The highest BCUT2D eigenvalue weighted by Gasteiger charge is 2.25. The largest absolute Gasteiger partial charge is 0.496 e. The van der Waals surface area contributed by atoms with Crippen LogP contribution in [-0.2, 0) is 22.6 Å². The van der Waals surface area contributed by atoms with E-state index >= 15 is 0 Å². The molecule has 0 fully saturated rings. The highest BCUT2D eigenvalue weighted by atomic mass is 16.6. The number of carboxylic acid groups (broad SMARTS) is 1. The van der Waals surface area contributed by atoms with E-state index in [0.717, 1.165) is 28.0 Å². The fourth-order valence-electron chi connectivity index (χ4n) is 3.20. The van der Waals surface area contributed by atoms with Gasteiger partial charge in [0.05, 0.1) is 7.11 Å². The summed E-state index contributed by atoms with van der Waals surface area (Å²) in [5.74, 6) is 0.308. The molecule has 168 valence electrons. The number of nitrogens with one attached hydrogen (secondary N) is 1. The molecular formula is C24H31NO6. The van der Waals surface area contributed by atoms with E-state index in [1.54, 1.807) is 27.9 Å². The molecule has 2 aromatic carbocycles. The lowest BCUT2D eigenvalue weighted by Crippen LogP contribution is -2.44. The van der Waals surface area contributed by atoms with Crippen molar-refractivity contribution in [2.24, 2.45) is 0 Å². The van der Waals surface area contributed by atoms with E-state index in [9.17, 15) is 14.7 Å². The molecule has 0 aromatic heterocycles. The number of para-hydroxylation sites is 1. The number of alkyl carbamates (subject to hydrolysis) is 1. The lowest BCUT2D eigenvalue weighted by molar-refractivity contribution is -0.139. The van der Waals surface area contributed by atoms with Crippen LogP contribution >= 0.6 is 0 Å². The monoisotopic (exact) mass is 429 g/mol. The minimum Gasteiger partial charge on any atom is -0.496 e. The fraction of sp³-hybridized carbons (Fsp3) is 0.417. The van der Waals surface area contributed by atoms with Crippen molar-refractivity contribution < 1.29 is 28.9 Å². The van der Waals surface area contributed by atoms with Crippen LogP contribution in [0.2, 0.25) is 0 Å². The number of benzene rings is 2. The lowest BCUT2D eigenvalue weighted by atomic mass is 9.96. The summed E-state index contributed by atoms with van der Waals surface area (Å²) >= 11 is 0. The second-order valence-corrected chi connectivity index (χ2v) is 8.38. The standard InChI is InChI=1S/C24H31NO6/c1-15-11-18(30-14-17-9-7-8-10-21(17)29-6)12-16(2)19(15)13-20(22(26)27)25-23(28)31-24(3,4)5/h7-12,20H,13-14H2,1-6H3,(H,25,28)(H,26,27). The van der Waals surface area contributed by atoms with Crippen LogP contribution in [0.4, 0.5) is 4.79 Å². The first-order chi connectivity index (χ1) is 14.5. The van der Waals surface area contributed by atoms with Crippen LogP contribution in [0.1, 0.15) is 43.0 Å². The number of ether oxygens (including phenoxy) is 3. The molecule has 31 heavy (non-hydrogen) atoms. The predicted molar refractivity (Wildman–Crippen MR) is 118 cm³/mol. The zero-order chi connectivity index (χ0) is 23.2. The third-order valence-electron chi connectivity index (χ3n) is 4.65. The van der Waals surface area contributed by atoms with Gasteiger partial charge < -0.3 is 24.6 Å². The molecule has 0 spiro atoms. The zero-order valence-electron chi connectivity index (χ0n) is 18.9. The van der Waals surface area contributed by atoms with Gasteiger partial charge in [-0.3, -0.25) is 0 Å². The van der Waals surface area contributed by atoms with Crippen molar-refractivity contribution in [3.63, 3.8) is 0 Å². The molecule has 7 heteroatoms. The van der Waals surface area contributed by atoms with Gasteiger partial charge in [0, 0.05) is 12.0 Å². The van der Waals surface area contributed by atoms with Crippen LogP contribution in [0.15, 0.2) is 36.4 Å². The highest BCUT2D eigenvalue weighted by molar-refractivity contribution is 5.80. The first-order valence-electron chi connectivity index (χ1n) is 10.1. The molecule has 2 aromatic rings. The van der Waals surface area contributed by atoms with Crippen molar-refractivity contribution in [1.82, 2.24) is 5.32 Å². The molecule has 0 aliphatic rings. The maximum atomic E-state index is 12.0. The Morgan fingerprint density at radius 2 is 1.71 bits per heavy atom. The molecule has 0 aliphatic heterocycles. The lowest BCUT2D eigenvalue weighted by Gasteiger charge is -2.23. The van der Waals surface area contributed by atoms with Crippen molar-refractivity contribution in [3.8, 4) is 11.5 Å². The summed E-state index contributed by atoms with van der Waals surface area (Å²) in [6.07, 6.45) is -0.620. The molecule has 2 N–H and O–H groups in total. The van der Waals surface area contributed by atoms with Gasteiger partial charge in [-0.25, -0.2) is 9.59 Å². The van der Waals surface area contributed by atoms with Gasteiger partial charge in [0.2, 0.25) is 0 Å². The molecular weight excluding hydrogens is 398 g/mol. The smallest absolute Gasteiger partial charge is 0.408 e. The average Bonchev–Trinajstić information content (AvgIpc) is 2.66. The number of carbonyl (C=O) groups excluding carboxylic acids is 1. The summed E-state index contributed by atoms with van der Waals surface area (Å²) in [6, 6.07) is 10.3. The normalized spacial score (nSPS) is 12.1. The van der Waals surface area contributed by atoms with E-state index in [4.69, 9.17) is 14.2 Å². The Morgan fingerprint density at radius 1 is 1.10 bits per heavy atom. The molecule has 1 atom stereocenters. The molecule has 1 unspecified atom stereocenters. The van der Waals surface area contributed by atoms with E-state index in [1.165, 1.54) is 0 Å². The Balaban J connectivity index is 2.13. The Morgan fingerprint density at radius 3 is 2.26 bits per heavy atom. The van der Waals surface area contributed by atoms with Gasteiger partial charge in [0.25, 0.3) is 0 Å². The van der Waals surface area contributed by atoms with Crippen molar-refractivity contribution in [2.45, 2.75) is 59.3 Å². The summed E-state index contributed by atoms with van der Waals surface area (Å²) in [5.41, 5.74) is 2.82. The third-order valence-corrected chi connectivity index (χ3v) is 4.65. The molecule has 0 heterocycles. The Kier molecular flexibility index (Phi) is 7.91. The summed E-state index contributed by atoms with van der Waals surface area (Å²) in [7, 11) is 1.62. The van der Waals surface area contributed by atoms with Gasteiger partial charge in [-0.15, -0.1) is 0 Å². The predicted octanol–water partition coefficient (Wildman–Crippen LogP) is 4.41. The van der Waals surface area contributed by atoms with Gasteiger partial charge >= 0.3 is 12.1 Å². The number of hydrogen-bond acceptors (Lipinski definition) is 5. The first-order valence-corrected chi connectivity index (χ1v) is 10.1. The van der Waals surface area contributed by atoms with Crippen molar-refractivity contribution >= 4 is 12.1 Å². The number of amides is 1. The maximum absolute atomic E-state index is 12.0. The van der Waals surface area contributed by atoms with Gasteiger partial charge in [-0.05, 0) is 69.5 Å². The number of carboxylic acids is 1. The molecule has 2 rings (SSSR count). The van der Waals surface area contributed by atoms with E-state index in [-0.39, 0.29) is 6.42 Å². The number of aliphatic carboxylic acids is 1. The van der Waals surface area contributed by atoms with Crippen molar-refractivity contribution in [2.75, 3.05) is 7.11 Å². The highest BCUT2D eigenvalue weighted by Crippen LogP contribution is 2.26. The number of aryl methyl sites for hydroxylation is 2. The quantitative estimate of drug-likeness (QED) is 0.645. The molecule has 0 aliphatic carbocycles. The van der Waals surface area contributed by atoms with Crippen molar-refractivity contribution in [3.05, 3.63) is 58.7 Å². The second-order valence-electron chi connectivity index (χ2n) is 8.38. The molecule has 0 saturated carbocycles. The second kappa shape index (κ2) is 10.2. The van der Waals surface area contributed by atoms with Gasteiger partial charge in [0.15, 0.2) is 0 Å². The Labute approximate surface area is 183 Å². The van der Waals surface area contributed by atoms with Crippen LogP contribution in [0.3, 0.4) is 0 Å². The zero-order valence-corrected chi connectivity index (χ0v) is 18.9. The molecule has 0 bridgehead atoms. The Bertz CT molecular complexity index is 909. The summed E-state index contributed by atoms with van der Waals surface area (Å²) < 4.78 is 16.5. The number of methoxy groups -OCH3 is 1. The van der Waals surface area contributed by atoms with Gasteiger partial charge in [0.1, 0.15) is 29.7 Å². The van der Waals surface area contributed by atoms with Crippen LogP contribution in [-0.4, -0.2) is 35.9 Å². The van der Waals surface area contributed by atoms with E-state index < -0.39 is 23.7 Å². The van der Waals surface area contributed by atoms with E-state index in [0.29, 0.717) is 12.4 Å². The minimum atomic E-state index is -1.12. The maximum Gasteiger partial charge on any atom is 0.408 e. The third kappa shape index (κ3) is 7.20. The average molecular weight is 430 g/mol. The van der Waals surface area contributed by atoms with Crippen LogP contribution < -0.4 is 14.8 Å². The number of rotatable bonds is 8. The molecule has 0 radical (unpaired) electrons. The minimum absolute atomic E-state index is 0.138. The number of hydrogen-bond donors (Lipinski definition) is 2. The van der Waals surface area contributed by atoms with Gasteiger partial charge in [-0.1, -0.05) is 18.2 Å². The van der Waals surface area contributed by atoms with E-state index in [2.05, 4.69) is 5.32 Å². The first kappa shape index (κ1) is 24.1. The fourth-order valence-corrected chi connectivity index (χ4v) is 3.20. The van der Waals surface area contributed by atoms with Gasteiger partial charge in [-0.2, -0.15) is 0 Å². The summed E-state index contributed by atoms with van der Waals surface area (Å²) in [6.45, 7) is 9.30. The Hall–Kier alpha value is -3.22. The summed E-state index contributed by atoms with van der Waals surface area (Å²) in [4.78, 5) is 23.7. The SMILES string of the molecule is COc1ccccc1COc1cc(C)c(CC(NC(=O)OC(C)(C)C)C(=O)O)c(C)c1. The number of carbonyl (C=O) groups is 2. The molecule has 1 amide bonds. The van der Waals surface area contributed by atoms with Crippen LogP contribution in [0, 0.1) is 13.8 Å².